The number of hydrogen-bond donors (Lipinski definition) is 1. The molecule has 3 aromatic carbocycles. The van der Waals surface area contributed by atoms with Crippen molar-refractivity contribution in [2.24, 2.45) is 0 Å². The molecule has 224 valence electrons. The molecule has 3 aromatic rings. The highest BCUT2D eigenvalue weighted by Crippen LogP contribution is 2.32. The molecule has 8 nitrogen and oxygen atoms in total. The highest BCUT2D eigenvalue weighted by molar-refractivity contribution is 7.92. The predicted octanol–water partition coefficient (Wildman–Crippen LogP) is 6.33. The van der Waals surface area contributed by atoms with Crippen molar-refractivity contribution < 1.29 is 22.7 Å². The lowest BCUT2D eigenvalue weighted by Crippen LogP contribution is -2.52. The number of rotatable bonds is 11. The van der Waals surface area contributed by atoms with E-state index >= 15 is 0 Å². The maximum atomic E-state index is 14.1. The Labute approximate surface area is 261 Å². The van der Waals surface area contributed by atoms with Crippen molar-refractivity contribution >= 4 is 62.3 Å². The summed E-state index contributed by atoms with van der Waals surface area (Å²) in [7, 11) is -2.78. The number of benzene rings is 3. The molecule has 0 heterocycles. The molecule has 0 aromatic heterocycles. The van der Waals surface area contributed by atoms with E-state index in [0.717, 1.165) is 30.0 Å². The number of sulfonamides is 1. The van der Waals surface area contributed by atoms with Gasteiger partial charge in [0.15, 0.2) is 0 Å². The van der Waals surface area contributed by atoms with Crippen LogP contribution in [-0.4, -0.2) is 50.9 Å². The Balaban J connectivity index is 1.71. The molecular formula is C30H32Cl3N3O5S. The lowest BCUT2D eigenvalue weighted by Gasteiger charge is -2.32. The number of hydrogen-bond acceptors (Lipinski definition) is 5. The molecule has 2 amide bonds. The number of nitrogens with zero attached hydrogens (tertiary/aromatic N) is 2. The Morgan fingerprint density at radius 1 is 0.952 bits per heavy atom. The van der Waals surface area contributed by atoms with Crippen molar-refractivity contribution in [3.63, 3.8) is 0 Å². The van der Waals surface area contributed by atoms with Gasteiger partial charge >= 0.3 is 0 Å². The Kier molecular flexibility index (Phi) is 10.6. The second-order valence-corrected chi connectivity index (χ2v) is 13.2. The molecule has 0 saturated heterocycles. The molecule has 0 bridgehead atoms. The fourth-order valence-corrected chi connectivity index (χ4v) is 6.87. The van der Waals surface area contributed by atoms with Crippen LogP contribution in [-0.2, 0) is 26.2 Å². The van der Waals surface area contributed by atoms with Crippen LogP contribution in [0.2, 0.25) is 15.1 Å². The van der Waals surface area contributed by atoms with Gasteiger partial charge in [-0.1, -0.05) is 71.9 Å². The quantitative estimate of drug-likeness (QED) is 0.261. The van der Waals surface area contributed by atoms with Crippen LogP contribution in [0.1, 0.15) is 38.2 Å². The number of amides is 2. The number of nitrogens with one attached hydrogen (secondary N) is 1. The van der Waals surface area contributed by atoms with Crippen molar-refractivity contribution in [2.75, 3.05) is 18.0 Å². The Morgan fingerprint density at radius 3 is 2.26 bits per heavy atom. The Morgan fingerprint density at radius 2 is 1.64 bits per heavy atom. The molecule has 42 heavy (non-hydrogen) atoms. The van der Waals surface area contributed by atoms with Gasteiger partial charge in [-0.2, -0.15) is 0 Å². The smallest absolute Gasteiger partial charge is 0.264 e. The SMILES string of the molecule is COc1ccc(N(CC(=O)N(Cc2ccc(Cl)c(Cl)c2)[C@@H](C)C(=O)NC2CCCC2)S(=O)(=O)c2ccccc2)cc1Cl. The van der Waals surface area contributed by atoms with Gasteiger partial charge in [-0.05, 0) is 67.8 Å². The molecule has 0 unspecified atom stereocenters. The molecule has 0 aliphatic heterocycles. The first-order valence-corrected chi connectivity index (χ1v) is 16.0. The lowest BCUT2D eigenvalue weighted by atomic mass is 10.1. The molecule has 4 rings (SSSR count). The minimum absolute atomic E-state index is 0.00241. The van der Waals surface area contributed by atoms with Crippen LogP contribution >= 0.6 is 34.8 Å². The Hall–Kier alpha value is -2.98. The van der Waals surface area contributed by atoms with Crippen LogP contribution in [0.3, 0.4) is 0 Å². The first-order chi connectivity index (χ1) is 20.0. The molecule has 1 aliphatic carbocycles. The van der Waals surface area contributed by atoms with Gasteiger partial charge in [0.25, 0.3) is 10.0 Å². The van der Waals surface area contributed by atoms with Crippen LogP contribution in [0, 0.1) is 0 Å². The zero-order valence-corrected chi connectivity index (χ0v) is 26.3. The summed E-state index contributed by atoms with van der Waals surface area (Å²) < 4.78 is 34.0. The zero-order chi connectivity index (χ0) is 30.4. The van der Waals surface area contributed by atoms with E-state index in [-0.39, 0.29) is 34.1 Å². The van der Waals surface area contributed by atoms with Gasteiger partial charge in [-0.15, -0.1) is 0 Å². The van der Waals surface area contributed by atoms with E-state index in [1.54, 1.807) is 43.3 Å². The lowest BCUT2D eigenvalue weighted by molar-refractivity contribution is -0.139. The minimum atomic E-state index is -4.22. The summed E-state index contributed by atoms with van der Waals surface area (Å²) in [5.74, 6) is -0.566. The molecule has 1 fully saturated rings. The average molecular weight is 653 g/mol. The summed E-state index contributed by atoms with van der Waals surface area (Å²) >= 11 is 18.7. The number of carbonyl (C=O) groups excluding carboxylic acids is 2. The topological polar surface area (TPSA) is 96.0 Å². The zero-order valence-electron chi connectivity index (χ0n) is 23.2. The number of methoxy groups -OCH3 is 1. The molecule has 0 spiro atoms. The largest absolute Gasteiger partial charge is 0.495 e. The number of carbonyl (C=O) groups is 2. The highest BCUT2D eigenvalue weighted by atomic mass is 35.5. The van der Waals surface area contributed by atoms with Gasteiger partial charge in [0.2, 0.25) is 11.8 Å². The van der Waals surface area contributed by atoms with Crippen LogP contribution in [0.4, 0.5) is 5.69 Å². The predicted molar refractivity (Wildman–Crippen MR) is 166 cm³/mol. The van der Waals surface area contributed by atoms with E-state index in [1.807, 2.05) is 0 Å². The third-order valence-corrected chi connectivity index (χ3v) is 10.1. The standard InChI is InChI=1S/C30H32Cl3N3O5S/c1-20(30(38)34-22-8-6-7-9-22)35(18-21-12-14-25(31)26(32)16-21)29(37)19-36(23-13-15-28(41-2)27(33)17-23)42(39,40)24-10-4-3-5-11-24/h3-5,10-17,20,22H,6-9,18-19H2,1-2H3,(H,34,38)/t20-/m0/s1. The molecule has 1 N–H and O–H groups in total. The van der Waals surface area contributed by atoms with Gasteiger partial charge in [-0.25, -0.2) is 8.42 Å². The third kappa shape index (κ3) is 7.50. The molecule has 1 atom stereocenters. The van der Waals surface area contributed by atoms with Crippen molar-refractivity contribution in [3.8, 4) is 5.75 Å². The molecule has 12 heteroatoms. The second-order valence-electron chi connectivity index (χ2n) is 10.1. The number of ether oxygens (including phenoxy) is 1. The molecule has 1 saturated carbocycles. The van der Waals surface area contributed by atoms with Crippen LogP contribution in [0.25, 0.3) is 0 Å². The minimum Gasteiger partial charge on any atom is -0.495 e. The van der Waals surface area contributed by atoms with E-state index < -0.39 is 28.5 Å². The number of anilines is 1. The average Bonchev–Trinajstić information content (AvgIpc) is 3.49. The van der Waals surface area contributed by atoms with Gasteiger partial charge in [0.05, 0.1) is 32.8 Å². The summed E-state index contributed by atoms with van der Waals surface area (Å²) in [6.45, 7) is 1.03. The molecular weight excluding hydrogens is 621 g/mol. The van der Waals surface area contributed by atoms with Gasteiger partial charge in [0.1, 0.15) is 18.3 Å². The first kappa shape index (κ1) is 31.9. The van der Waals surface area contributed by atoms with E-state index in [4.69, 9.17) is 39.5 Å². The first-order valence-electron chi connectivity index (χ1n) is 13.5. The van der Waals surface area contributed by atoms with Crippen molar-refractivity contribution in [1.29, 1.82) is 0 Å². The number of halogens is 3. The van der Waals surface area contributed by atoms with Crippen molar-refractivity contribution in [3.05, 3.63) is 87.4 Å². The van der Waals surface area contributed by atoms with E-state index in [9.17, 15) is 18.0 Å². The second kappa shape index (κ2) is 14.0. The summed E-state index contributed by atoms with van der Waals surface area (Å²) in [5.41, 5.74) is 0.791. The Bertz CT molecular complexity index is 1530. The van der Waals surface area contributed by atoms with E-state index in [1.165, 1.54) is 42.3 Å². The monoisotopic (exact) mass is 651 g/mol. The van der Waals surface area contributed by atoms with Gasteiger partial charge < -0.3 is 15.0 Å². The summed E-state index contributed by atoms with van der Waals surface area (Å²) in [4.78, 5) is 28.7. The van der Waals surface area contributed by atoms with Crippen LogP contribution in [0.15, 0.2) is 71.6 Å². The van der Waals surface area contributed by atoms with Crippen molar-refractivity contribution in [2.45, 2.75) is 56.1 Å². The fraction of sp³-hybridized carbons (Fsp3) is 0.333. The van der Waals surface area contributed by atoms with Crippen LogP contribution in [0.5, 0.6) is 5.75 Å². The molecule has 1 aliphatic rings. The fourth-order valence-electron chi connectivity index (χ4n) is 4.87. The summed E-state index contributed by atoms with van der Waals surface area (Å²) in [6, 6.07) is 16.3. The van der Waals surface area contributed by atoms with Crippen molar-refractivity contribution in [1.82, 2.24) is 10.2 Å². The van der Waals surface area contributed by atoms with E-state index in [2.05, 4.69) is 5.32 Å². The third-order valence-electron chi connectivity index (χ3n) is 7.24. The maximum absolute atomic E-state index is 14.1. The van der Waals surface area contributed by atoms with Gasteiger partial charge in [-0.3, -0.25) is 13.9 Å². The summed E-state index contributed by atoms with van der Waals surface area (Å²) in [6.07, 6.45) is 3.81. The maximum Gasteiger partial charge on any atom is 0.264 e. The normalized spacial score (nSPS) is 14.3. The van der Waals surface area contributed by atoms with Gasteiger partial charge in [0, 0.05) is 12.6 Å². The van der Waals surface area contributed by atoms with E-state index in [0.29, 0.717) is 21.4 Å². The van der Waals surface area contributed by atoms with Crippen LogP contribution < -0.4 is 14.4 Å². The highest BCUT2D eigenvalue weighted by Gasteiger charge is 2.33. The molecule has 0 radical (unpaired) electrons. The summed E-state index contributed by atoms with van der Waals surface area (Å²) in [5, 5.41) is 3.86.